The van der Waals surface area contributed by atoms with Crippen molar-refractivity contribution in [2.24, 2.45) is 13.0 Å². The van der Waals surface area contributed by atoms with Crippen LogP contribution in [0.15, 0.2) is 66.9 Å². The number of amides is 1. The predicted molar refractivity (Wildman–Crippen MR) is 147 cm³/mol. The van der Waals surface area contributed by atoms with Crippen LogP contribution in [0.1, 0.15) is 53.8 Å². The van der Waals surface area contributed by atoms with Crippen LogP contribution in [0, 0.1) is 5.92 Å². The second-order valence-corrected chi connectivity index (χ2v) is 10.6. The molecule has 1 amide bonds. The Kier molecular flexibility index (Phi) is 6.75. The number of pyridine rings is 1. The van der Waals surface area contributed by atoms with Gasteiger partial charge in [0.1, 0.15) is 5.82 Å². The summed E-state index contributed by atoms with van der Waals surface area (Å²) in [6.07, 6.45) is 8.55. The fourth-order valence-electron chi connectivity index (χ4n) is 6.14. The number of hydrogen-bond acceptors (Lipinski definition) is 4. The smallest absolute Gasteiger partial charge is 0.252 e. The van der Waals surface area contributed by atoms with Crippen LogP contribution in [0.2, 0.25) is 0 Å². The third kappa shape index (κ3) is 5.03. The van der Waals surface area contributed by atoms with Crippen molar-refractivity contribution in [1.29, 1.82) is 0 Å². The van der Waals surface area contributed by atoms with Gasteiger partial charge in [0, 0.05) is 61.0 Å². The van der Waals surface area contributed by atoms with Gasteiger partial charge in [-0.3, -0.25) is 14.7 Å². The van der Waals surface area contributed by atoms with Gasteiger partial charge in [-0.15, -0.1) is 0 Å². The zero-order chi connectivity index (χ0) is 25.2. The van der Waals surface area contributed by atoms with E-state index in [4.69, 9.17) is 4.98 Å². The maximum Gasteiger partial charge on any atom is 0.252 e. The fraction of sp³-hybridized carbons (Fsp3) is 0.387. The summed E-state index contributed by atoms with van der Waals surface area (Å²) in [6, 6.07) is 20.4. The molecule has 0 bridgehead atoms. The Balaban J connectivity index is 0.995. The van der Waals surface area contributed by atoms with Gasteiger partial charge >= 0.3 is 0 Å². The summed E-state index contributed by atoms with van der Waals surface area (Å²) >= 11 is 0. The van der Waals surface area contributed by atoms with E-state index < -0.39 is 0 Å². The van der Waals surface area contributed by atoms with E-state index in [1.807, 2.05) is 30.3 Å². The van der Waals surface area contributed by atoms with Crippen molar-refractivity contribution in [2.75, 3.05) is 13.1 Å². The molecule has 1 aliphatic carbocycles. The van der Waals surface area contributed by atoms with Gasteiger partial charge in [-0.2, -0.15) is 0 Å². The lowest BCUT2D eigenvalue weighted by Crippen LogP contribution is -2.38. The van der Waals surface area contributed by atoms with Crippen molar-refractivity contribution in [1.82, 2.24) is 24.8 Å². The van der Waals surface area contributed by atoms with E-state index in [9.17, 15) is 4.79 Å². The Labute approximate surface area is 218 Å². The van der Waals surface area contributed by atoms with E-state index in [0.717, 1.165) is 67.1 Å². The molecule has 0 saturated heterocycles. The summed E-state index contributed by atoms with van der Waals surface area (Å²) < 4.78 is 2.28. The normalized spacial score (nSPS) is 20.0. The first kappa shape index (κ1) is 23.9. The van der Waals surface area contributed by atoms with Crippen LogP contribution in [0.3, 0.4) is 0 Å². The molecule has 1 N–H and O–H groups in total. The average Bonchev–Trinajstić information content (AvgIpc) is 3.28. The molecule has 0 radical (unpaired) electrons. The quantitative estimate of drug-likeness (QED) is 0.392. The molecule has 1 saturated carbocycles. The van der Waals surface area contributed by atoms with Crippen molar-refractivity contribution in [2.45, 2.75) is 51.1 Å². The van der Waals surface area contributed by atoms with Crippen LogP contribution in [-0.4, -0.2) is 44.5 Å². The second-order valence-electron chi connectivity index (χ2n) is 10.6. The molecular formula is C31H35N5O. The molecule has 2 aromatic carbocycles. The monoisotopic (exact) mass is 493 g/mol. The van der Waals surface area contributed by atoms with Gasteiger partial charge in [-0.05, 0) is 62.8 Å². The Hall–Kier alpha value is -3.51. The minimum Gasteiger partial charge on any atom is -0.349 e. The van der Waals surface area contributed by atoms with Gasteiger partial charge in [0.05, 0.1) is 11.2 Å². The van der Waals surface area contributed by atoms with E-state index in [1.165, 1.54) is 36.2 Å². The lowest BCUT2D eigenvalue weighted by Gasteiger charge is -2.32. The third-order valence-corrected chi connectivity index (χ3v) is 8.29. The zero-order valence-electron chi connectivity index (χ0n) is 21.6. The Morgan fingerprint density at radius 2 is 1.84 bits per heavy atom. The molecule has 6 nitrogen and oxygen atoms in total. The fourth-order valence-corrected chi connectivity index (χ4v) is 6.14. The highest BCUT2D eigenvalue weighted by Gasteiger charge is 2.26. The zero-order valence-corrected chi connectivity index (χ0v) is 21.6. The number of carbonyl (C=O) groups is 1. The van der Waals surface area contributed by atoms with Crippen LogP contribution < -0.4 is 5.32 Å². The maximum atomic E-state index is 13.0. The number of nitrogens with one attached hydrogen (secondary N) is 1. The van der Waals surface area contributed by atoms with Gasteiger partial charge < -0.3 is 9.88 Å². The van der Waals surface area contributed by atoms with Crippen molar-refractivity contribution < 1.29 is 4.79 Å². The van der Waals surface area contributed by atoms with E-state index in [-0.39, 0.29) is 11.9 Å². The Morgan fingerprint density at radius 3 is 2.68 bits per heavy atom. The van der Waals surface area contributed by atoms with Crippen LogP contribution in [0.5, 0.6) is 0 Å². The predicted octanol–water partition coefficient (Wildman–Crippen LogP) is 5.37. The largest absolute Gasteiger partial charge is 0.349 e. The van der Waals surface area contributed by atoms with Gasteiger partial charge in [-0.1, -0.05) is 42.5 Å². The number of imidazole rings is 1. The van der Waals surface area contributed by atoms with Crippen LogP contribution in [0.4, 0.5) is 0 Å². The average molecular weight is 494 g/mol. The van der Waals surface area contributed by atoms with Crippen LogP contribution >= 0.6 is 0 Å². The molecule has 190 valence electrons. The Morgan fingerprint density at radius 1 is 1.00 bits per heavy atom. The molecule has 1 fully saturated rings. The van der Waals surface area contributed by atoms with Gasteiger partial charge in [0.15, 0.2) is 0 Å². The molecular weight excluding hydrogens is 458 g/mol. The molecule has 1 aliphatic heterocycles. The van der Waals surface area contributed by atoms with E-state index in [1.54, 1.807) is 6.20 Å². The number of fused-ring (bicyclic) bond motifs is 2. The molecule has 0 spiro atoms. The highest BCUT2D eigenvalue weighted by Crippen LogP contribution is 2.30. The summed E-state index contributed by atoms with van der Waals surface area (Å²) in [6.45, 7) is 3.18. The van der Waals surface area contributed by atoms with Gasteiger partial charge in [-0.25, -0.2) is 4.98 Å². The number of hydrogen-bond donors (Lipinski definition) is 1. The lowest BCUT2D eigenvalue weighted by atomic mass is 9.84. The molecule has 2 aliphatic rings. The molecule has 6 rings (SSSR count). The third-order valence-electron chi connectivity index (χ3n) is 8.29. The molecule has 3 heterocycles. The topological polar surface area (TPSA) is 63.1 Å². The number of carbonyl (C=O) groups excluding carboxylic acids is 1. The highest BCUT2D eigenvalue weighted by molar-refractivity contribution is 6.06. The highest BCUT2D eigenvalue weighted by atomic mass is 16.1. The van der Waals surface area contributed by atoms with Crippen LogP contribution in [0.25, 0.3) is 22.3 Å². The SMILES string of the molecule is Cn1c(-c2ccccc2)nc2c1CCN(CC[C@H]1CC[C@H](NC(=O)c3cccc4ncccc34)CC1)C2. The molecule has 0 atom stereocenters. The summed E-state index contributed by atoms with van der Waals surface area (Å²) in [5, 5.41) is 4.22. The number of rotatable bonds is 6. The van der Waals surface area contributed by atoms with Gasteiger partial charge in [0.2, 0.25) is 0 Å². The van der Waals surface area contributed by atoms with E-state index >= 15 is 0 Å². The lowest BCUT2D eigenvalue weighted by molar-refractivity contribution is 0.0921. The number of nitrogens with zero attached hydrogens (tertiary/aromatic N) is 4. The van der Waals surface area contributed by atoms with Crippen LogP contribution in [-0.2, 0) is 20.0 Å². The number of aromatic nitrogens is 3. The maximum absolute atomic E-state index is 13.0. The minimum atomic E-state index is 0.0244. The molecule has 37 heavy (non-hydrogen) atoms. The standard InChI is InChI=1S/C31H35N5O/c1-35-29-17-20-36(21-28(29)34-30(35)23-7-3-2-4-8-23)19-16-22-12-14-24(15-13-22)33-31(37)26-9-5-11-27-25(26)10-6-18-32-27/h2-11,18,22,24H,12-17,19-21H2,1H3,(H,33,37)/t22-,24-. The molecule has 4 aromatic rings. The summed E-state index contributed by atoms with van der Waals surface area (Å²) in [7, 11) is 2.15. The second kappa shape index (κ2) is 10.5. The molecule has 0 unspecified atom stereocenters. The van der Waals surface area contributed by atoms with Gasteiger partial charge in [0.25, 0.3) is 5.91 Å². The summed E-state index contributed by atoms with van der Waals surface area (Å²) in [4.78, 5) is 25.0. The van der Waals surface area contributed by atoms with Crippen molar-refractivity contribution in [3.05, 3.63) is 83.8 Å². The van der Waals surface area contributed by atoms with E-state index in [0.29, 0.717) is 0 Å². The first-order valence-electron chi connectivity index (χ1n) is 13.6. The van der Waals surface area contributed by atoms with Crippen molar-refractivity contribution in [3.8, 4) is 11.4 Å². The van der Waals surface area contributed by atoms with Crippen molar-refractivity contribution in [3.63, 3.8) is 0 Å². The first-order chi connectivity index (χ1) is 18.2. The molecule has 6 heteroatoms. The molecule has 2 aromatic heterocycles. The minimum absolute atomic E-state index is 0.0244. The van der Waals surface area contributed by atoms with Crippen molar-refractivity contribution >= 4 is 16.8 Å². The first-order valence-corrected chi connectivity index (χ1v) is 13.6. The number of benzene rings is 2. The summed E-state index contributed by atoms with van der Waals surface area (Å²) in [5.74, 6) is 1.84. The Bertz CT molecular complexity index is 1380. The summed E-state index contributed by atoms with van der Waals surface area (Å²) in [5.41, 5.74) is 5.40. The van der Waals surface area contributed by atoms with E-state index in [2.05, 4.69) is 57.1 Å².